The highest BCUT2D eigenvalue weighted by molar-refractivity contribution is 7.99. The minimum atomic E-state index is 0.607. The molecule has 0 fully saturated rings. The van der Waals surface area contributed by atoms with E-state index in [2.05, 4.69) is 39.0 Å². The lowest BCUT2D eigenvalue weighted by Crippen LogP contribution is -2.03. The van der Waals surface area contributed by atoms with E-state index >= 15 is 0 Å². The Bertz CT molecular complexity index is 782. The van der Waals surface area contributed by atoms with Crippen LogP contribution < -0.4 is 5.73 Å². The van der Waals surface area contributed by atoms with E-state index < -0.39 is 0 Å². The average molecular weight is 300 g/mol. The third-order valence-corrected chi connectivity index (χ3v) is 3.90. The standard InChI is InChI=1S/C14H16N6S/c1-3-9-10(4-2)19-20-14(16-9)21-13-17-11-6-5-8(15)7-12(11)18-13/h5-7H,3-4,15H2,1-2H3,(H,17,18). The third-order valence-electron chi connectivity index (χ3n) is 3.16. The SMILES string of the molecule is CCc1nnc(Sc2nc3ccc(N)cc3[nH]2)nc1CC. The van der Waals surface area contributed by atoms with E-state index in [-0.39, 0.29) is 0 Å². The van der Waals surface area contributed by atoms with Crippen molar-refractivity contribution in [3.05, 3.63) is 29.6 Å². The Balaban J connectivity index is 1.91. The number of nitrogens with zero attached hydrogens (tertiary/aromatic N) is 4. The summed E-state index contributed by atoms with van der Waals surface area (Å²) in [6, 6.07) is 5.59. The number of nitrogen functional groups attached to an aromatic ring is 1. The first-order valence-corrected chi connectivity index (χ1v) is 7.66. The first-order valence-electron chi connectivity index (χ1n) is 6.85. The Kier molecular flexibility index (Phi) is 3.74. The van der Waals surface area contributed by atoms with Crippen molar-refractivity contribution < 1.29 is 0 Å². The highest BCUT2D eigenvalue weighted by atomic mass is 32.2. The molecule has 0 amide bonds. The van der Waals surface area contributed by atoms with Crippen molar-refractivity contribution in [1.29, 1.82) is 0 Å². The number of anilines is 1. The van der Waals surface area contributed by atoms with Crippen LogP contribution in [0.4, 0.5) is 5.69 Å². The minimum absolute atomic E-state index is 0.607. The van der Waals surface area contributed by atoms with Crippen molar-refractivity contribution in [1.82, 2.24) is 25.1 Å². The van der Waals surface area contributed by atoms with Crippen molar-refractivity contribution in [2.24, 2.45) is 0 Å². The highest BCUT2D eigenvalue weighted by Gasteiger charge is 2.10. The van der Waals surface area contributed by atoms with Gasteiger partial charge < -0.3 is 10.7 Å². The molecule has 0 bridgehead atoms. The van der Waals surface area contributed by atoms with Crippen LogP contribution >= 0.6 is 11.8 Å². The smallest absolute Gasteiger partial charge is 0.217 e. The number of rotatable bonds is 4. The second-order valence-corrected chi connectivity index (χ2v) is 5.57. The largest absolute Gasteiger partial charge is 0.399 e. The number of nitrogens with one attached hydrogen (secondary N) is 1. The molecule has 6 nitrogen and oxygen atoms in total. The predicted molar refractivity (Wildman–Crippen MR) is 83.2 cm³/mol. The second kappa shape index (κ2) is 5.69. The maximum atomic E-state index is 5.77. The molecule has 0 saturated heterocycles. The van der Waals surface area contributed by atoms with Gasteiger partial charge in [0.15, 0.2) is 5.16 Å². The molecule has 0 aliphatic heterocycles. The number of aromatic nitrogens is 5. The predicted octanol–water partition coefficient (Wildman–Crippen LogP) is 2.61. The molecule has 108 valence electrons. The zero-order valence-electron chi connectivity index (χ0n) is 11.9. The van der Waals surface area contributed by atoms with Crippen molar-refractivity contribution in [3.8, 4) is 0 Å². The van der Waals surface area contributed by atoms with Crippen molar-refractivity contribution in [2.75, 3.05) is 5.73 Å². The van der Waals surface area contributed by atoms with Crippen molar-refractivity contribution >= 4 is 28.5 Å². The van der Waals surface area contributed by atoms with Gasteiger partial charge in [0.1, 0.15) is 0 Å². The quantitative estimate of drug-likeness (QED) is 0.719. The number of fused-ring (bicyclic) bond motifs is 1. The van der Waals surface area contributed by atoms with Crippen LogP contribution in [0.15, 0.2) is 28.5 Å². The number of aromatic amines is 1. The fourth-order valence-electron chi connectivity index (χ4n) is 2.10. The number of nitrogens with two attached hydrogens (primary N) is 1. The summed E-state index contributed by atoms with van der Waals surface area (Å²) in [6.45, 7) is 4.13. The summed E-state index contributed by atoms with van der Waals surface area (Å²) in [7, 11) is 0. The Morgan fingerprint density at radius 1 is 1.10 bits per heavy atom. The monoisotopic (exact) mass is 300 g/mol. The Morgan fingerprint density at radius 3 is 2.67 bits per heavy atom. The molecule has 0 radical (unpaired) electrons. The minimum Gasteiger partial charge on any atom is -0.399 e. The van der Waals surface area contributed by atoms with Crippen molar-refractivity contribution in [3.63, 3.8) is 0 Å². The molecule has 1 aromatic carbocycles. The van der Waals surface area contributed by atoms with Gasteiger partial charge in [0, 0.05) is 5.69 Å². The first-order chi connectivity index (χ1) is 10.2. The molecule has 0 atom stereocenters. The van der Waals surface area contributed by atoms with Crippen molar-refractivity contribution in [2.45, 2.75) is 37.0 Å². The fraction of sp³-hybridized carbons (Fsp3) is 0.286. The normalized spacial score (nSPS) is 11.1. The Labute approximate surface area is 126 Å². The summed E-state index contributed by atoms with van der Waals surface area (Å²) >= 11 is 1.38. The van der Waals surface area contributed by atoms with Crippen LogP contribution in [-0.2, 0) is 12.8 Å². The molecule has 0 aliphatic carbocycles. The van der Waals surface area contributed by atoms with E-state index in [1.54, 1.807) is 0 Å². The summed E-state index contributed by atoms with van der Waals surface area (Å²) in [5.41, 5.74) is 10.2. The van der Waals surface area contributed by atoms with E-state index in [0.717, 1.165) is 40.4 Å². The number of hydrogen-bond acceptors (Lipinski definition) is 6. The molecule has 2 heterocycles. The maximum absolute atomic E-state index is 5.77. The van der Waals surface area contributed by atoms with Gasteiger partial charge in [-0.05, 0) is 42.8 Å². The summed E-state index contributed by atoms with van der Waals surface area (Å²) in [6.07, 6.45) is 1.70. The molecule has 0 aliphatic rings. The van der Waals surface area contributed by atoms with Gasteiger partial charge >= 0.3 is 0 Å². The number of benzene rings is 1. The molecule has 0 unspecified atom stereocenters. The lowest BCUT2D eigenvalue weighted by molar-refractivity contribution is 0.743. The van der Waals surface area contributed by atoms with Gasteiger partial charge in [-0.1, -0.05) is 13.8 Å². The van der Waals surface area contributed by atoms with Crippen LogP contribution in [0.25, 0.3) is 11.0 Å². The summed E-state index contributed by atoms with van der Waals surface area (Å²) in [5.74, 6) is 0. The van der Waals surface area contributed by atoms with Crippen LogP contribution in [0, 0.1) is 0 Å². The fourth-order valence-corrected chi connectivity index (χ4v) is 2.82. The van der Waals surface area contributed by atoms with Gasteiger partial charge in [-0.15, -0.1) is 5.10 Å². The van der Waals surface area contributed by atoms with Gasteiger partial charge in [-0.25, -0.2) is 9.97 Å². The summed E-state index contributed by atoms with van der Waals surface area (Å²) in [4.78, 5) is 12.3. The Hall–Kier alpha value is -2.15. The zero-order valence-corrected chi connectivity index (χ0v) is 12.7. The van der Waals surface area contributed by atoms with Crippen LogP contribution in [0.2, 0.25) is 0 Å². The van der Waals surface area contributed by atoms with Gasteiger partial charge in [-0.3, -0.25) is 0 Å². The van der Waals surface area contributed by atoms with E-state index in [1.807, 2.05) is 18.2 Å². The highest BCUT2D eigenvalue weighted by Crippen LogP contribution is 2.25. The molecule has 2 aromatic heterocycles. The molecule has 3 N–H and O–H groups in total. The average Bonchev–Trinajstić information content (AvgIpc) is 2.88. The van der Waals surface area contributed by atoms with Gasteiger partial charge in [-0.2, -0.15) is 5.10 Å². The molecule has 3 aromatic rings. The molecule has 0 saturated carbocycles. The lowest BCUT2D eigenvalue weighted by Gasteiger charge is -2.03. The number of H-pyrrole nitrogens is 1. The number of aryl methyl sites for hydroxylation is 2. The van der Waals surface area contributed by atoms with Crippen LogP contribution in [0.1, 0.15) is 25.2 Å². The summed E-state index contributed by atoms with van der Waals surface area (Å²) < 4.78 is 0. The van der Waals surface area contributed by atoms with Crippen LogP contribution in [-0.4, -0.2) is 25.1 Å². The molecule has 7 heteroatoms. The lowest BCUT2D eigenvalue weighted by atomic mass is 10.2. The molecular weight excluding hydrogens is 284 g/mol. The Morgan fingerprint density at radius 2 is 1.90 bits per heavy atom. The van der Waals surface area contributed by atoms with E-state index in [1.165, 1.54) is 11.8 Å². The zero-order chi connectivity index (χ0) is 14.8. The molecule has 0 spiro atoms. The number of imidazole rings is 1. The van der Waals surface area contributed by atoms with Gasteiger partial charge in [0.2, 0.25) is 5.16 Å². The van der Waals surface area contributed by atoms with Crippen LogP contribution in [0.5, 0.6) is 0 Å². The topological polar surface area (TPSA) is 93.4 Å². The molecule has 3 rings (SSSR count). The van der Waals surface area contributed by atoms with E-state index in [0.29, 0.717) is 10.8 Å². The third kappa shape index (κ3) is 2.82. The summed E-state index contributed by atoms with van der Waals surface area (Å²) in [5, 5.41) is 9.74. The maximum Gasteiger partial charge on any atom is 0.217 e. The second-order valence-electron chi connectivity index (χ2n) is 4.62. The van der Waals surface area contributed by atoms with Crippen LogP contribution in [0.3, 0.4) is 0 Å². The van der Waals surface area contributed by atoms with E-state index in [4.69, 9.17) is 5.73 Å². The van der Waals surface area contributed by atoms with E-state index in [9.17, 15) is 0 Å². The first kappa shape index (κ1) is 13.8. The number of hydrogen-bond donors (Lipinski definition) is 2. The van der Waals surface area contributed by atoms with Gasteiger partial charge in [0.05, 0.1) is 22.4 Å². The van der Waals surface area contributed by atoms with Gasteiger partial charge in [0.25, 0.3) is 0 Å². The molecular formula is C14H16N6S. The molecule has 21 heavy (non-hydrogen) atoms.